The molecule has 0 radical (unpaired) electrons. The lowest BCUT2D eigenvalue weighted by Gasteiger charge is -2.13. The lowest BCUT2D eigenvalue weighted by Crippen LogP contribution is -2.32. The Hall–Kier alpha value is -1.40. The Morgan fingerprint density at radius 2 is 1.89 bits per heavy atom. The number of hydrogen-bond acceptors (Lipinski definition) is 3. The minimum atomic E-state index is -3.57. The van der Waals surface area contributed by atoms with Gasteiger partial charge in [-0.25, -0.2) is 13.1 Å². The number of rotatable bonds is 6. The molecular formula is C12H17NO4S. The van der Waals surface area contributed by atoms with Gasteiger partial charge in [-0.3, -0.25) is 4.79 Å². The van der Waals surface area contributed by atoms with E-state index >= 15 is 0 Å². The molecule has 18 heavy (non-hydrogen) atoms. The predicted octanol–water partition coefficient (Wildman–Crippen LogP) is 1.53. The third kappa shape index (κ3) is 4.46. The number of sulfonamides is 1. The summed E-state index contributed by atoms with van der Waals surface area (Å²) in [6, 6.07) is 6.09. The molecule has 100 valence electrons. The predicted molar refractivity (Wildman–Crippen MR) is 67.8 cm³/mol. The number of carbonyl (C=O) groups is 1. The summed E-state index contributed by atoms with van der Waals surface area (Å²) in [4.78, 5) is 10.6. The highest BCUT2D eigenvalue weighted by Crippen LogP contribution is 2.11. The molecule has 1 unspecified atom stereocenters. The molecule has 5 nitrogen and oxygen atoms in total. The molecule has 0 saturated heterocycles. The SMILES string of the molecule is Cc1ccc(S(=O)(=O)NC(C)CCC(=O)O)cc1. The maximum Gasteiger partial charge on any atom is 0.303 e. The summed E-state index contributed by atoms with van der Waals surface area (Å²) in [5.74, 6) is -0.934. The number of hydrogen-bond donors (Lipinski definition) is 2. The molecule has 0 aliphatic rings. The molecule has 0 aliphatic heterocycles. The van der Waals surface area contributed by atoms with Crippen LogP contribution >= 0.6 is 0 Å². The van der Waals surface area contributed by atoms with E-state index in [0.29, 0.717) is 0 Å². The molecule has 0 saturated carbocycles. The summed E-state index contributed by atoms with van der Waals surface area (Å²) in [6.07, 6.45) is 0.206. The van der Waals surface area contributed by atoms with Crippen LogP contribution in [0.2, 0.25) is 0 Å². The van der Waals surface area contributed by atoms with E-state index in [-0.39, 0.29) is 17.7 Å². The molecule has 1 aromatic rings. The summed E-state index contributed by atoms with van der Waals surface area (Å²) >= 11 is 0. The Morgan fingerprint density at radius 3 is 2.39 bits per heavy atom. The Kier molecular flexibility index (Phi) is 4.86. The zero-order valence-corrected chi connectivity index (χ0v) is 11.2. The van der Waals surface area contributed by atoms with Gasteiger partial charge in [0.05, 0.1) is 4.90 Å². The lowest BCUT2D eigenvalue weighted by molar-refractivity contribution is -0.137. The van der Waals surface area contributed by atoms with E-state index in [1.807, 2.05) is 6.92 Å². The Labute approximate surface area is 107 Å². The zero-order valence-electron chi connectivity index (χ0n) is 10.4. The monoisotopic (exact) mass is 271 g/mol. The first-order valence-corrected chi connectivity index (χ1v) is 7.10. The highest BCUT2D eigenvalue weighted by atomic mass is 32.2. The van der Waals surface area contributed by atoms with Gasteiger partial charge in [0.25, 0.3) is 0 Å². The number of aryl methyl sites for hydroxylation is 1. The van der Waals surface area contributed by atoms with Gasteiger partial charge in [0.1, 0.15) is 0 Å². The first kappa shape index (κ1) is 14.7. The molecule has 1 rings (SSSR count). The van der Waals surface area contributed by atoms with Crippen molar-refractivity contribution >= 4 is 16.0 Å². The number of aliphatic carboxylic acids is 1. The molecule has 6 heteroatoms. The minimum Gasteiger partial charge on any atom is -0.481 e. The second kappa shape index (κ2) is 5.97. The van der Waals surface area contributed by atoms with E-state index in [4.69, 9.17) is 5.11 Å². The van der Waals surface area contributed by atoms with E-state index in [1.54, 1.807) is 19.1 Å². The van der Waals surface area contributed by atoms with Crippen LogP contribution in [0.15, 0.2) is 29.2 Å². The fourth-order valence-corrected chi connectivity index (χ4v) is 2.73. The minimum absolute atomic E-state index is 0.0580. The fraction of sp³-hybridized carbons (Fsp3) is 0.417. The van der Waals surface area contributed by atoms with Crippen molar-refractivity contribution in [3.63, 3.8) is 0 Å². The van der Waals surface area contributed by atoms with Crippen LogP contribution in [0.3, 0.4) is 0 Å². The number of benzene rings is 1. The maximum absolute atomic E-state index is 11.9. The molecule has 1 aromatic carbocycles. The topological polar surface area (TPSA) is 83.5 Å². The second-order valence-corrected chi connectivity index (χ2v) is 5.98. The first-order chi connectivity index (χ1) is 8.31. The molecule has 0 aliphatic carbocycles. The summed E-state index contributed by atoms with van der Waals surface area (Å²) in [7, 11) is -3.57. The highest BCUT2D eigenvalue weighted by Gasteiger charge is 2.17. The Bertz CT molecular complexity index is 507. The van der Waals surface area contributed by atoms with Crippen molar-refractivity contribution in [3.05, 3.63) is 29.8 Å². The second-order valence-electron chi connectivity index (χ2n) is 4.27. The average Bonchev–Trinajstić information content (AvgIpc) is 2.26. The van der Waals surface area contributed by atoms with Gasteiger partial charge in [-0.1, -0.05) is 17.7 Å². The third-order valence-corrected chi connectivity index (χ3v) is 4.08. The quantitative estimate of drug-likeness (QED) is 0.821. The van der Waals surface area contributed by atoms with Crippen LogP contribution in [-0.2, 0) is 14.8 Å². The molecule has 2 N–H and O–H groups in total. The van der Waals surface area contributed by atoms with Crippen LogP contribution in [0.1, 0.15) is 25.3 Å². The van der Waals surface area contributed by atoms with E-state index < -0.39 is 22.0 Å². The van der Waals surface area contributed by atoms with Crippen molar-refractivity contribution in [3.8, 4) is 0 Å². The summed E-state index contributed by atoms with van der Waals surface area (Å²) in [5, 5.41) is 8.53. The van der Waals surface area contributed by atoms with Gasteiger partial charge in [0, 0.05) is 12.5 Å². The lowest BCUT2D eigenvalue weighted by atomic mass is 10.2. The normalized spacial score (nSPS) is 13.2. The molecule has 0 amide bonds. The molecule has 0 fully saturated rings. The van der Waals surface area contributed by atoms with Gasteiger partial charge in [0.15, 0.2) is 0 Å². The smallest absolute Gasteiger partial charge is 0.303 e. The molecule has 0 bridgehead atoms. The van der Waals surface area contributed by atoms with Crippen molar-refractivity contribution in [2.45, 2.75) is 37.6 Å². The van der Waals surface area contributed by atoms with Crippen molar-refractivity contribution in [2.24, 2.45) is 0 Å². The van der Waals surface area contributed by atoms with Crippen molar-refractivity contribution in [1.29, 1.82) is 0 Å². The van der Waals surface area contributed by atoms with Gasteiger partial charge >= 0.3 is 5.97 Å². The summed E-state index contributed by atoms with van der Waals surface area (Å²) < 4.78 is 26.3. The van der Waals surface area contributed by atoms with E-state index in [2.05, 4.69) is 4.72 Å². The summed E-state index contributed by atoms with van der Waals surface area (Å²) in [5.41, 5.74) is 0.980. The van der Waals surface area contributed by atoms with Gasteiger partial charge in [-0.2, -0.15) is 0 Å². The molecular weight excluding hydrogens is 254 g/mol. The first-order valence-electron chi connectivity index (χ1n) is 5.62. The molecule has 0 heterocycles. The van der Waals surface area contributed by atoms with E-state index in [0.717, 1.165) is 5.56 Å². The van der Waals surface area contributed by atoms with E-state index in [9.17, 15) is 13.2 Å². The third-order valence-electron chi connectivity index (χ3n) is 2.48. The molecule has 1 atom stereocenters. The summed E-state index contributed by atoms with van der Waals surface area (Å²) in [6.45, 7) is 3.52. The largest absolute Gasteiger partial charge is 0.481 e. The molecule has 0 spiro atoms. The standard InChI is InChI=1S/C12H17NO4S/c1-9-3-6-11(7-4-9)18(16,17)13-10(2)5-8-12(14)15/h3-4,6-7,10,13H,5,8H2,1-2H3,(H,14,15). The Morgan fingerprint density at radius 1 is 1.33 bits per heavy atom. The van der Waals surface area contributed by atoms with Crippen molar-refractivity contribution < 1.29 is 18.3 Å². The zero-order chi connectivity index (χ0) is 13.8. The number of carboxylic acid groups (broad SMARTS) is 1. The van der Waals surface area contributed by atoms with Gasteiger partial charge in [-0.15, -0.1) is 0 Å². The van der Waals surface area contributed by atoms with Crippen LogP contribution < -0.4 is 4.72 Å². The number of nitrogens with one attached hydrogen (secondary N) is 1. The maximum atomic E-state index is 11.9. The van der Waals surface area contributed by atoms with Crippen molar-refractivity contribution in [1.82, 2.24) is 4.72 Å². The van der Waals surface area contributed by atoms with Crippen LogP contribution in [-0.4, -0.2) is 25.5 Å². The van der Waals surface area contributed by atoms with Gasteiger partial charge < -0.3 is 5.11 Å². The number of carboxylic acids is 1. The average molecular weight is 271 g/mol. The van der Waals surface area contributed by atoms with Gasteiger partial charge in [-0.05, 0) is 32.4 Å². The van der Waals surface area contributed by atoms with Crippen molar-refractivity contribution in [2.75, 3.05) is 0 Å². The van der Waals surface area contributed by atoms with Crippen LogP contribution in [0.5, 0.6) is 0 Å². The molecule has 0 aromatic heterocycles. The van der Waals surface area contributed by atoms with E-state index in [1.165, 1.54) is 12.1 Å². The van der Waals surface area contributed by atoms with Gasteiger partial charge in [0.2, 0.25) is 10.0 Å². The van der Waals surface area contributed by atoms with Crippen LogP contribution in [0.4, 0.5) is 0 Å². The van der Waals surface area contributed by atoms with Crippen LogP contribution in [0.25, 0.3) is 0 Å². The highest BCUT2D eigenvalue weighted by molar-refractivity contribution is 7.89. The van der Waals surface area contributed by atoms with Crippen LogP contribution in [0, 0.1) is 6.92 Å². The fourth-order valence-electron chi connectivity index (χ4n) is 1.45. The Balaban J connectivity index is 2.70.